The summed E-state index contributed by atoms with van der Waals surface area (Å²) in [5.74, 6) is 0.280. The van der Waals surface area contributed by atoms with Gasteiger partial charge in [-0.2, -0.15) is 0 Å². The van der Waals surface area contributed by atoms with E-state index in [1.807, 2.05) is 0 Å². The maximum absolute atomic E-state index is 11.8. The third-order valence-corrected chi connectivity index (χ3v) is 5.46. The molecule has 18 heavy (non-hydrogen) atoms. The molecular formula is C15H26O3. The quantitative estimate of drug-likeness (QED) is 0.792. The lowest BCUT2D eigenvalue weighted by Gasteiger charge is -2.46. The number of ketones is 1. The first-order chi connectivity index (χ1) is 8.28. The lowest BCUT2D eigenvalue weighted by molar-refractivity contribution is -0.132. The molecule has 0 saturated heterocycles. The summed E-state index contributed by atoms with van der Waals surface area (Å²) in [4.78, 5) is 11.8. The van der Waals surface area contributed by atoms with Crippen molar-refractivity contribution in [2.45, 2.75) is 59.2 Å². The Morgan fingerprint density at radius 3 is 2.44 bits per heavy atom. The van der Waals surface area contributed by atoms with Gasteiger partial charge in [0.1, 0.15) is 5.78 Å². The Bertz CT molecular complexity index is 339. The Morgan fingerprint density at radius 1 is 1.33 bits per heavy atom. The van der Waals surface area contributed by atoms with Gasteiger partial charge >= 0.3 is 0 Å². The van der Waals surface area contributed by atoms with Crippen molar-refractivity contribution >= 4 is 5.78 Å². The zero-order valence-electron chi connectivity index (χ0n) is 11.9. The van der Waals surface area contributed by atoms with Gasteiger partial charge < -0.3 is 10.2 Å². The number of hydrogen-bond acceptors (Lipinski definition) is 3. The smallest absolute Gasteiger partial charge is 0.135 e. The van der Waals surface area contributed by atoms with Crippen LogP contribution in [0.4, 0.5) is 0 Å². The molecule has 104 valence electrons. The van der Waals surface area contributed by atoms with Gasteiger partial charge in [0.15, 0.2) is 0 Å². The van der Waals surface area contributed by atoms with E-state index in [1.54, 1.807) is 6.92 Å². The highest BCUT2D eigenvalue weighted by Gasteiger charge is 2.58. The van der Waals surface area contributed by atoms with E-state index < -0.39 is 12.2 Å². The fraction of sp³-hybridized carbons (Fsp3) is 0.933. The van der Waals surface area contributed by atoms with Crippen LogP contribution in [0.3, 0.4) is 0 Å². The fourth-order valence-electron chi connectivity index (χ4n) is 4.49. The lowest BCUT2D eigenvalue weighted by Crippen LogP contribution is -2.47. The standard InChI is InChI=1S/C15H26O3/c1-8(2)10-5-6-15(4)7-11(17)12(9(3)16)13(15)14(10)18/h8,10-14,17-18H,5-7H2,1-4H3/t10-,11-,12-,13-,14-,15+/m1/s1. The molecule has 0 heterocycles. The van der Waals surface area contributed by atoms with Crippen LogP contribution >= 0.6 is 0 Å². The molecule has 0 spiro atoms. The maximum atomic E-state index is 11.8. The molecule has 0 aromatic rings. The van der Waals surface area contributed by atoms with Crippen molar-refractivity contribution in [1.29, 1.82) is 0 Å². The van der Waals surface area contributed by atoms with Crippen molar-refractivity contribution in [1.82, 2.24) is 0 Å². The summed E-state index contributed by atoms with van der Waals surface area (Å²) in [5, 5.41) is 20.8. The highest BCUT2D eigenvalue weighted by atomic mass is 16.3. The molecule has 0 aromatic heterocycles. The highest BCUT2D eigenvalue weighted by Crippen LogP contribution is 2.57. The molecule has 2 rings (SSSR count). The van der Waals surface area contributed by atoms with Gasteiger partial charge in [-0.15, -0.1) is 0 Å². The molecule has 2 saturated carbocycles. The third kappa shape index (κ3) is 2.01. The average Bonchev–Trinajstić information content (AvgIpc) is 2.49. The molecule has 0 bridgehead atoms. The molecule has 3 heteroatoms. The Kier molecular flexibility index (Phi) is 3.58. The monoisotopic (exact) mass is 254 g/mol. The first-order valence-corrected chi connectivity index (χ1v) is 7.14. The van der Waals surface area contributed by atoms with E-state index in [0.29, 0.717) is 12.3 Å². The summed E-state index contributed by atoms with van der Waals surface area (Å²) < 4.78 is 0. The van der Waals surface area contributed by atoms with Crippen LogP contribution < -0.4 is 0 Å². The lowest BCUT2D eigenvalue weighted by atomic mass is 9.60. The predicted octanol–water partition coefficient (Wildman–Crippen LogP) is 2.01. The van der Waals surface area contributed by atoms with E-state index in [4.69, 9.17) is 0 Å². The Balaban J connectivity index is 2.32. The Labute approximate surface area is 110 Å². The fourth-order valence-corrected chi connectivity index (χ4v) is 4.49. The van der Waals surface area contributed by atoms with E-state index in [9.17, 15) is 15.0 Å². The second-order valence-corrected chi connectivity index (χ2v) is 7.02. The van der Waals surface area contributed by atoms with Crippen LogP contribution in [0.25, 0.3) is 0 Å². The minimum atomic E-state index is -0.571. The molecule has 0 amide bonds. The van der Waals surface area contributed by atoms with Gasteiger partial charge in [-0.25, -0.2) is 0 Å². The summed E-state index contributed by atoms with van der Waals surface area (Å²) >= 11 is 0. The number of rotatable bonds is 2. The average molecular weight is 254 g/mol. The van der Waals surface area contributed by atoms with E-state index in [1.165, 1.54) is 0 Å². The van der Waals surface area contributed by atoms with Crippen LogP contribution in [0.2, 0.25) is 0 Å². The summed E-state index contributed by atoms with van der Waals surface area (Å²) in [6.07, 6.45) is 1.65. The van der Waals surface area contributed by atoms with Gasteiger partial charge in [-0.1, -0.05) is 20.8 Å². The number of Topliss-reactive ketones (excluding diaryl/α,β-unsaturated/α-hetero) is 1. The molecule has 0 unspecified atom stereocenters. The van der Waals surface area contributed by atoms with Crippen molar-refractivity contribution < 1.29 is 15.0 Å². The zero-order chi connectivity index (χ0) is 13.7. The summed E-state index contributed by atoms with van der Waals surface area (Å²) in [7, 11) is 0. The first-order valence-electron chi connectivity index (χ1n) is 7.14. The van der Waals surface area contributed by atoms with E-state index in [0.717, 1.165) is 12.8 Å². The minimum Gasteiger partial charge on any atom is -0.392 e. The molecule has 0 aromatic carbocycles. The zero-order valence-corrected chi connectivity index (χ0v) is 11.9. The van der Waals surface area contributed by atoms with Crippen molar-refractivity contribution in [2.75, 3.05) is 0 Å². The molecule has 2 aliphatic carbocycles. The van der Waals surface area contributed by atoms with Gasteiger partial charge in [0.25, 0.3) is 0 Å². The van der Waals surface area contributed by atoms with Crippen molar-refractivity contribution in [3.05, 3.63) is 0 Å². The molecule has 3 nitrogen and oxygen atoms in total. The Morgan fingerprint density at radius 2 is 1.94 bits per heavy atom. The van der Waals surface area contributed by atoms with E-state index in [2.05, 4.69) is 20.8 Å². The number of carbonyl (C=O) groups excluding carboxylic acids is 1. The van der Waals surface area contributed by atoms with E-state index >= 15 is 0 Å². The minimum absolute atomic E-state index is 0.0275. The third-order valence-electron chi connectivity index (χ3n) is 5.46. The number of aliphatic hydroxyl groups excluding tert-OH is 2. The van der Waals surface area contributed by atoms with Gasteiger partial charge in [0, 0.05) is 11.8 Å². The van der Waals surface area contributed by atoms with Crippen molar-refractivity contribution in [3.63, 3.8) is 0 Å². The van der Waals surface area contributed by atoms with Crippen LogP contribution in [0.1, 0.15) is 47.0 Å². The summed E-state index contributed by atoms with van der Waals surface area (Å²) in [6.45, 7) is 7.93. The van der Waals surface area contributed by atoms with Crippen LogP contribution in [-0.2, 0) is 4.79 Å². The number of fused-ring (bicyclic) bond motifs is 1. The van der Waals surface area contributed by atoms with Crippen molar-refractivity contribution in [2.24, 2.45) is 29.1 Å². The second kappa shape index (κ2) is 4.61. The highest BCUT2D eigenvalue weighted by molar-refractivity contribution is 5.80. The number of aliphatic hydroxyl groups is 2. The second-order valence-electron chi connectivity index (χ2n) is 7.02. The summed E-state index contributed by atoms with van der Waals surface area (Å²) in [6, 6.07) is 0. The normalized spacial score (nSPS) is 48.3. The van der Waals surface area contributed by atoms with Gasteiger partial charge in [0.05, 0.1) is 12.2 Å². The van der Waals surface area contributed by atoms with Gasteiger partial charge in [-0.3, -0.25) is 4.79 Å². The largest absolute Gasteiger partial charge is 0.392 e. The van der Waals surface area contributed by atoms with Crippen LogP contribution in [-0.4, -0.2) is 28.2 Å². The number of carbonyl (C=O) groups is 1. The SMILES string of the molecule is CC(=O)[C@H]1[C@@H]2[C@H](O)[C@@H](C(C)C)CC[C@@]2(C)C[C@H]1O. The first kappa shape index (κ1) is 14.0. The molecule has 2 N–H and O–H groups in total. The molecule has 2 aliphatic rings. The molecule has 2 fully saturated rings. The predicted molar refractivity (Wildman–Crippen MR) is 70.0 cm³/mol. The van der Waals surface area contributed by atoms with Crippen LogP contribution in [0, 0.1) is 29.1 Å². The van der Waals surface area contributed by atoms with Gasteiger partial charge in [0.2, 0.25) is 0 Å². The molecule has 6 atom stereocenters. The maximum Gasteiger partial charge on any atom is 0.135 e. The van der Waals surface area contributed by atoms with Crippen LogP contribution in [0.15, 0.2) is 0 Å². The van der Waals surface area contributed by atoms with Gasteiger partial charge in [-0.05, 0) is 43.4 Å². The topological polar surface area (TPSA) is 57.5 Å². The molecule has 0 radical (unpaired) electrons. The number of hydrogen-bond donors (Lipinski definition) is 2. The summed E-state index contributed by atoms with van der Waals surface area (Å²) in [5.41, 5.74) is -0.0689. The van der Waals surface area contributed by atoms with Crippen LogP contribution in [0.5, 0.6) is 0 Å². The molecular weight excluding hydrogens is 228 g/mol. The Hall–Kier alpha value is -0.410. The van der Waals surface area contributed by atoms with Crippen molar-refractivity contribution in [3.8, 4) is 0 Å². The van der Waals surface area contributed by atoms with E-state index in [-0.39, 0.29) is 29.0 Å². The molecule has 0 aliphatic heterocycles.